The molecule has 0 saturated heterocycles. The molecule has 0 saturated carbocycles. The highest BCUT2D eigenvalue weighted by Crippen LogP contribution is 2.19. The molecular weight excluding hydrogens is 432 g/mol. The second kappa shape index (κ2) is 18.7. The molecule has 2 aromatic rings. The van der Waals surface area contributed by atoms with E-state index in [1.807, 2.05) is 44.2 Å². The highest BCUT2D eigenvalue weighted by atomic mass is 16.5. The van der Waals surface area contributed by atoms with Crippen LogP contribution in [-0.2, 0) is 9.47 Å². The van der Waals surface area contributed by atoms with Crippen molar-refractivity contribution in [3.63, 3.8) is 0 Å². The van der Waals surface area contributed by atoms with Gasteiger partial charge >= 0.3 is 0 Å². The first kappa shape index (κ1) is 29.3. The van der Waals surface area contributed by atoms with E-state index in [0.29, 0.717) is 49.1 Å². The molecule has 6 heteroatoms. The molecule has 0 aliphatic rings. The van der Waals surface area contributed by atoms with Gasteiger partial charge in [0.25, 0.3) is 0 Å². The topological polar surface area (TPSA) is 71.1 Å². The van der Waals surface area contributed by atoms with Gasteiger partial charge in [-0.15, -0.1) is 0 Å². The van der Waals surface area contributed by atoms with Crippen molar-refractivity contribution in [2.45, 2.75) is 53.4 Å². The quantitative estimate of drug-likeness (QED) is 0.215. The molecule has 0 aromatic heterocycles. The second-order valence-electron chi connectivity index (χ2n) is 7.52. The summed E-state index contributed by atoms with van der Waals surface area (Å²) in [5, 5.41) is 0. The first-order chi connectivity index (χ1) is 16.6. The zero-order valence-electron chi connectivity index (χ0n) is 21.1. The van der Waals surface area contributed by atoms with E-state index >= 15 is 0 Å². The number of carbonyl (C=O) groups excluding carboxylic acids is 2. The maximum absolute atomic E-state index is 12.1. The summed E-state index contributed by atoms with van der Waals surface area (Å²) < 4.78 is 21.5. The van der Waals surface area contributed by atoms with E-state index in [1.165, 1.54) is 0 Å². The van der Waals surface area contributed by atoms with Gasteiger partial charge in [-0.05, 0) is 51.0 Å². The molecule has 0 fully saturated rings. The molecular formula is C28H40O6. The van der Waals surface area contributed by atoms with E-state index < -0.39 is 0 Å². The Labute approximate surface area is 204 Å². The summed E-state index contributed by atoms with van der Waals surface area (Å²) in [6.07, 6.45) is 4.14. The minimum absolute atomic E-state index is 0.0109. The van der Waals surface area contributed by atoms with Crippen molar-refractivity contribution in [1.82, 2.24) is 0 Å². The summed E-state index contributed by atoms with van der Waals surface area (Å²) in [4.78, 5) is 23.8. The van der Waals surface area contributed by atoms with Crippen LogP contribution in [-0.4, -0.2) is 51.2 Å². The van der Waals surface area contributed by atoms with Gasteiger partial charge in [0.2, 0.25) is 0 Å². The van der Waals surface area contributed by atoms with E-state index in [2.05, 4.69) is 13.8 Å². The molecule has 2 aromatic carbocycles. The van der Waals surface area contributed by atoms with Gasteiger partial charge in [-0.2, -0.15) is 0 Å². The number of ketones is 2. The second-order valence-corrected chi connectivity index (χ2v) is 7.52. The van der Waals surface area contributed by atoms with E-state index in [9.17, 15) is 9.59 Å². The molecule has 0 aliphatic carbocycles. The predicted molar refractivity (Wildman–Crippen MR) is 135 cm³/mol. The van der Waals surface area contributed by atoms with Gasteiger partial charge < -0.3 is 18.9 Å². The number of hydrogen-bond donors (Lipinski definition) is 0. The highest BCUT2D eigenvalue weighted by molar-refractivity contribution is 6.00. The van der Waals surface area contributed by atoms with Gasteiger partial charge in [0.05, 0.1) is 24.3 Å². The molecule has 0 spiro atoms. The van der Waals surface area contributed by atoms with E-state index in [4.69, 9.17) is 18.9 Å². The number of ether oxygens (including phenoxy) is 4. The van der Waals surface area contributed by atoms with E-state index in [-0.39, 0.29) is 24.8 Å². The molecule has 0 radical (unpaired) electrons. The minimum Gasteiger partial charge on any atom is -0.493 e. The monoisotopic (exact) mass is 472 g/mol. The van der Waals surface area contributed by atoms with Gasteiger partial charge in [-0.1, -0.05) is 51.0 Å². The van der Waals surface area contributed by atoms with Crippen molar-refractivity contribution in [2.75, 3.05) is 39.6 Å². The zero-order chi connectivity index (χ0) is 25.0. The van der Waals surface area contributed by atoms with Crippen molar-refractivity contribution < 1.29 is 28.5 Å². The SMILES string of the molecule is CCCCOCC(=O)c1ccccc1OCCCC.CCOCC(=O)c1ccccc1OCC. The highest BCUT2D eigenvalue weighted by Gasteiger charge is 2.12. The average Bonchev–Trinajstić information content (AvgIpc) is 2.86. The smallest absolute Gasteiger partial charge is 0.192 e. The summed E-state index contributed by atoms with van der Waals surface area (Å²) in [6, 6.07) is 14.6. The molecule has 6 nitrogen and oxygen atoms in total. The van der Waals surface area contributed by atoms with Crippen molar-refractivity contribution in [1.29, 1.82) is 0 Å². The minimum atomic E-state index is -0.0408. The molecule has 0 heterocycles. The van der Waals surface area contributed by atoms with Crippen molar-refractivity contribution in [3.05, 3.63) is 59.7 Å². The lowest BCUT2D eigenvalue weighted by Crippen LogP contribution is -2.12. The summed E-state index contributed by atoms with van der Waals surface area (Å²) in [7, 11) is 0. The van der Waals surface area contributed by atoms with Gasteiger partial charge in [0, 0.05) is 13.2 Å². The largest absolute Gasteiger partial charge is 0.493 e. The lowest BCUT2D eigenvalue weighted by molar-refractivity contribution is 0.0750. The van der Waals surface area contributed by atoms with Crippen LogP contribution in [0.3, 0.4) is 0 Å². The van der Waals surface area contributed by atoms with Crippen molar-refractivity contribution in [2.24, 2.45) is 0 Å². The Morgan fingerprint density at radius 2 is 1.12 bits per heavy atom. The Hall–Kier alpha value is -2.70. The number of para-hydroxylation sites is 2. The van der Waals surface area contributed by atoms with Gasteiger partial charge in [0.15, 0.2) is 11.6 Å². The van der Waals surface area contributed by atoms with Crippen LogP contribution in [0.4, 0.5) is 0 Å². The normalized spacial score (nSPS) is 10.2. The van der Waals surface area contributed by atoms with Crippen LogP contribution in [0.1, 0.15) is 74.1 Å². The third-order valence-corrected chi connectivity index (χ3v) is 4.74. The molecule has 188 valence electrons. The van der Waals surface area contributed by atoms with Crippen molar-refractivity contribution in [3.8, 4) is 11.5 Å². The van der Waals surface area contributed by atoms with E-state index in [1.54, 1.807) is 18.2 Å². The zero-order valence-corrected chi connectivity index (χ0v) is 21.1. The van der Waals surface area contributed by atoms with Crippen LogP contribution in [0.25, 0.3) is 0 Å². The number of carbonyl (C=O) groups is 2. The maximum atomic E-state index is 12.1. The third-order valence-electron chi connectivity index (χ3n) is 4.74. The summed E-state index contributed by atoms with van der Waals surface area (Å²) >= 11 is 0. The number of benzene rings is 2. The molecule has 34 heavy (non-hydrogen) atoms. The van der Waals surface area contributed by atoms with Crippen LogP contribution < -0.4 is 9.47 Å². The summed E-state index contributed by atoms with van der Waals surface area (Å²) in [5.74, 6) is 1.24. The lowest BCUT2D eigenvalue weighted by Gasteiger charge is -2.10. The molecule has 2 rings (SSSR count). The standard InChI is InChI=1S/C16H24O3.C12H16O3/c1-3-5-11-18-13-15(17)14-9-7-8-10-16(14)19-12-6-4-2;1-3-14-9-11(13)10-7-5-6-8-12(10)15-4-2/h7-10H,3-6,11-13H2,1-2H3;5-8H,3-4,9H2,1-2H3. The summed E-state index contributed by atoms with van der Waals surface area (Å²) in [5.41, 5.74) is 1.21. The Morgan fingerprint density at radius 3 is 1.65 bits per heavy atom. The first-order valence-corrected chi connectivity index (χ1v) is 12.2. The molecule has 0 amide bonds. The number of hydrogen-bond acceptors (Lipinski definition) is 6. The average molecular weight is 473 g/mol. The van der Waals surface area contributed by atoms with Crippen LogP contribution in [0.5, 0.6) is 11.5 Å². The van der Waals surface area contributed by atoms with Crippen LogP contribution in [0.2, 0.25) is 0 Å². The van der Waals surface area contributed by atoms with Gasteiger partial charge in [-0.3, -0.25) is 9.59 Å². The Morgan fingerprint density at radius 1 is 0.618 bits per heavy atom. The fraction of sp³-hybridized carbons (Fsp3) is 0.500. The molecule has 0 aliphatic heterocycles. The Bertz CT molecular complexity index is 833. The molecule has 0 N–H and O–H groups in total. The van der Waals surface area contributed by atoms with E-state index in [0.717, 1.165) is 25.7 Å². The Balaban J connectivity index is 0.000000350. The predicted octanol–water partition coefficient (Wildman–Crippen LogP) is 6.17. The lowest BCUT2D eigenvalue weighted by atomic mass is 10.1. The van der Waals surface area contributed by atoms with Crippen LogP contribution in [0, 0.1) is 0 Å². The fourth-order valence-electron chi connectivity index (χ4n) is 2.89. The van der Waals surface area contributed by atoms with Gasteiger partial charge in [0.1, 0.15) is 24.7 Å². The molecule has 0 atom stereocenters. The third kappa shape index (κ3) is 11.4. The van der Waals surface area contributed by atoms with Crippen LogP contribution >= 0.6 is 0 Å². The Kier molecular flexibility index (Phi) is 16.1. The van der Waals surface area contributed by atoms with Crippen molar-refractivity contribution >= 4 is 11.6 Å². The number of Topliss-reactive ketones (excluding diaryl/α,β-unsaturated/α-hetero) is 2. The van der Waals surface area contributed by atoms with Crippen LogP contribution in [0.15, 0.2) is 48.5 Å². The number of unbranched alkanes of at least 4 members (excludes halogenated alkanes) is 2. The fourth-order valence-corrected chi connectivity index (χ4v) is 2.89. The molecule has 0 bridgehead atoms. The molecule has 0 unspecified atom stereocenters. The maximum Gasteiger partial charge on any atom is 0.192 e. The summed E-state index contributed by atoms with van der Waals surface area (Å²) in [6.45, 7) is 10.6. The van der Waals surface area contributed by atoms with Gasteiger partial charge in [-0.25, -0.2) is 0 Å². The first-order valence-electron chi connectivity index (χ1n) is 12.2. The number of rotatable bonds is 16.